The van der Waals surface area contributed by atoms with Gasteiger partial charge in [0.05, 0.1) is 24.6 Å². The van der Waals surface area contributed by atoms with E-state index in [-0.39, 0.29) is 0 Å². The molecule has 0 spiro atoms. The predicted molar refractivity (Wildman–Crippen MR) is 39.2 cm³/mol. The van der Waals surface area contributed by atoms with Crippen LogP contribution in [0.5, 0.6) is 0 Å². The lowest BCUT2D eigenvalue weighted by atomic mass is 10.4. The van der Waals surface area contributed by atoms with E-state index in [9.17, 15) is 4.91 Å². The molecule has 11 heavy (non-hydrogen) atoms. The number of hydrazine groups is 2. The molecule has 1 aliphatic heterocycles. The zero-order valence-corrected chi connectivity index (χ0v) is 6.75. The normalized spacial score (nSPS) is 17.0. The van der Waals surface area contributed by atoms with E-state index in [0.29, 0.717) is 11.6 Å². The average Bonchev–Trinajstić information content (AvgIpc) is 2.52. The molecule has 0 atom stereocenters. The molecule has 0 aromatic rings. The van der Waals surface area contributed by atoms with Crippen molar-refractivity contribution in [3.8, 4) is 0 Å². The quantitative estimate of drug-likeness (QED) is 0.472. The first kappa shape index (κ1) is 8.26. The summed E-state index contributed by atoms with van der Waals surface area (Å²) >= 11 is 0. The number of nitrogens with zero attached hydrogens (tertiary/aromatic N) is 2. The van der Waals surface area contributed by atoms with Gasteiger partial charge in [-0.05, 0) is 19.8 Å². The average molecular weight is 160 g/mol. The SMILES string of the molecule is CCON[N+](=O)N1CCCC1. The van der Waals surface area contributed by atoms with Gasteiger partial charge in [0.1, 0.15) is 0 Å². The van der Waals surface area contributed by atoms with Crippen molar-refractivity contribution in [1.82, 2.24) is 10.6 Å². The van der Waals surface area contributed by atoms with Gasteiger partial charge in [-0.15, -0.1) is 5.01 Å². The van der Waals surface area contributed by atoms with Crippen LogP contribution < -0.4 is 5.59 Å². The number of nitrogens with one attached hydrogen (secondary N) is 1. The highest BCUT2D eigenvalue weighted by Crippen LogP contribution is 2.05. The summed E-state index contributed by atoms with van der Waals surface area (Å²) in [5, 5.41) is 1.68. The van der Waals surface area contributed by atoms with Gasteiger partial charge in [-0.1, -0.05) is 0 Å². The van der Waals surface area contributed by atoms with E-state index in [1.165, 1.54) is 0 Å². The van der Waals surface area contributed by atoms with Crippen LogP contribution in [0.3, 0.4) is 0 Å². The fourth-order valence-corrected chi connectivity index (χ4v) is 1.06. The largest absolute Gasteiger partial charge is 0.274 e. The first-order valence-corrected chi connectivity index (χ1v) is 3.94. The van der Waals surface area contributed by atoms with Crippen molar-refractivity contribution in [3.05, 3.63) is 4.91 Å². The van der Waals surface area contributed by atoms with Crippen molar-refractivity contribution in [2.45, 2.75) is 19.8 Å². The summed E-state index contributed by atoms with van der Waals surface area (Å²) in [4.78, 5) is 16.4. The maximum atomic E-state index is 11.0. The van der Waals surface area contributed by atoms with E-state index in [0.717, 1.165) is 25.9 Å². The highest BCUT2D eigenvalue weighted by Gasteiger charge is 2.24. The third-order valence-electron chi connectivity index (χ3n) is 1.63. The Morgan fingerprint density at radius 3 is 2.73 bits per heavy atom. The van der Waals surface area contributed by atoms with Crippen molar-refractivity contribution in [2.75, 3.05) is 19.7 Å². The van der Waals surface area contributed by atoms with Crippen LogP contribution in [0.1, 0.15) is 19.8 Å². The minimum atomic E-state index is 0.493. The molecule has 0 aliphatic carbocycles. The van der Waals surface area contributed by atoms with Gasteiger partial charge >= 0.3 is 0 Å². The molecule has 1 saturated heterocycles. The van der Waals surface area contributed by atoms with Crippen LogP contribution in [0, 0.1) is 4.91 Å². The third-order valence-corrected chi connectivity index (χ3v) is 1.63. The molecule has 0 amide bonds. The summed E-state index contributed by atoms with van der Waals surface area (Å²) < 4.78 is 0. The predicted octanol–water partition coefficient (Wildman–Crippen LogP) is 0.232. The molecule has 0 bridgehead atoms. The van der Waals surface area contributed by atoms with Crippen molar-refractivity contribution < 1.29 is 9.82 Å². The first-order chi connectivity index (χ1) is 5.34. The fourth-order valence-electron chi connectivity index (χ4n) is 1.06. The van der Waals surface area contributed by atoms with Crippen LogP contribution in [0.2, 0.25) is 0 Å². The van der Waals surface area contributed by atoms with Gasteiger partial charge in [-0.25, -0.2) is 4.84 Å². The molecule has 1 N–H and O–H groups in total. The highest BCUT2D eigenvalue weighted by atomic mass is 16.7. The molecule has 1 rings (SSSR count). The molecule has 5 nitrogen and oxygen atoms in total. The summed E-state index contributed by atoms with van der Waals surface area (Å²) in [7, 11) is 0. The Labute approximate surface area is 65.8 Å². The van der Waals surface area contributed by atoms with Crippen molar-refractivity contribution in [3.63, 3.8) is 0 Å². The summed E-state index contributed by atoms with van der Waals surface area (Å²) in [6.45, 7) is 3.96. The molecule has 1 heterocycles. The van der Waals surface area contributed by atoms with E-state index in [1.54, 1.807) is 5.01 Å². The van der Waals surface area contributed by atoms with Crippen LogP contribution in [0.4, 0.5) is 0 Å². The maximum Gasteiger partial charge on any atom is 0.274 e. The summed E-state index contributed by atoms with van der Waals surface area (Å²) in [5.41, 5.74) is 2.28. The molecule has 0 unspecified atom stereocenters. The molecular formula is C6H14N3O2+. The van der Waals surface area contributed by atoms with Gasteiger partial charge in [0, 0.05) is 5.59 Å². The topological polar surface area (TPSA) is 44.6 Å². The van der Waals surface area contributed by atoms with Gasteiger partial charge < -0.3 is 0 Å². The highest BCUT2D eigenvalue weighted by molar-refractivity contribution is 4.55. The van der Waals surface area contributed by atoms with Crippen LogP contribution in [0.25, 0.3) is 0 Å². The summed E-state index contributed by atoms with van der Waals surface area (Å²) in [6, 6.07) is 0. The van der Waals surface area contributed by atoms with Gasteiger partial charge in [-0.2, -0.15) is 0 Å². The molecule has 1 fully saturated rings. The van der Waals surface area contributed by atoms with Crippen LogP contribution in [0.15, 0.2) is 0 Å². The zero-order chi connectivity index (χ0) is 8.10. The third kappa shape index (κ3) is 2.34. The van der Waals surface area contributed by atoms with Crippen molar-refractivity contribution >= 4 is 0 Å². The molecule has 64 valence electrons. The Hall–Kier alpha value is -0.840. The molecule has 5 heteroatoms. The van der Waals surface area contributed by atoms with Gasteiger partial charge in [0.2, 0.25) is 0 Å². The van der Waals surface area contributed by atoms with Gasteiger partial charge in [-0.3, -0.25) is 0 Å². The van der Waals surface area contributed by atoms with E-state index in [4.69, 9.17) is 4.84 Å². The van der Waals surface area contributed by atoms with Crippen LogP contribution in [-0.4, -0.2) is 29.7 Å². The molecular weight excluding hydrogens is 146 g/mol. The van der Waals surface area contributed by atoms with E-state index >= 15 is 0 Å². The lowest BCUT2D eigenvalue weighted by Crippen LogP contribution is -2.40. The van der Waals surface area contributed by atoms with Crippen molar-refractivity contribution in [1.29, 1.82) is 0 Å². The number of nitroso groups, excluding NO2 is 1. The molecule has 0 saturated carbocycles. The molecule has 0 radical (unpaired) electrons. The Morgan fingerprint density at radius 1 is 1.55 bits per heavy atom. The Balaban J connectivity index is 2.17. The zero-order valence-electron chi connectivity index (χ0n) is 6.75. The standard InChI is InChI=1S/C6H14N3O2/c1-2-11-7-9(10)8-5-3-4-6-8/h2-6H2,1H3,(H,7,10)/q+1. The second-order valence-corrected chi connectivity index (χ2v) is 2.46. The Kier molecular flexibility index (Phi) is 3.10. The number of hydrogen-bond donors (Lipinski definition) is 1. The number of hydrogen-bond acceptors (Lipinski definition) is 2. The minimum absolute atomic E-state index is 0.493. The van der Waals surface area contributed by atoms with Gasteiger partial charge in [0.15, 0.2) is 0 Å². The smallest absolute Gasteiger partial charge is 0.223 e. The summed E-state index contributed by atoms with van der Waals surface area (Å²) in [5.74, 6) is 0. The fraction of sp³-hybridized carbons (Fsp3) is 1.00. The molecule has 0 aromatic heterocycles. The molecule has 1 aliphatic rings. The maximum absolute atomic E-state index is 11.0. The van der Waals surface area contributed by atoms with Crippen LogP contribution in [-0.2, 0) is 4.84 Å². The lowest BCUT2D eigenvalue weighted by molar-refractivity contribution is -0.785. The first-order valence-electron chi connectivity index (χ1n) is 3.94. The second kappa shape index (κ2) is 4.12. The lowest BCUT2D eigenvalue weighted by Gasteiger charge is -2.03. The minimum Gasteiger partial charge on any atom is -0.223 e. The Morgan fingerprint density at radius 2 is 2.18 bits per heavy atom. The van der Waals surface area contributed by atoms with E-state index in [2.05, 4.69) is 5.59 Å². The van der Waals surface area contributed by atoms with Crippen molar-refractivity contribution in [2.24, 2.45) is 0 Å². The van der Waals surface area contributed by atoms with Gasteiger partial charge in [0.25, 0.3) is 4.98 Å². The number of rotatable bonds is 4. The van der Waals surface area contributed by atoms with E-state index < -0.39 is 0 Å². The van der Waals surface area contributed by atoms with Crippen LogP contribution >= 0.6 is 0 Å². The Bertz CT molecular complexity index is 134. The second-order valence-electron chi connectivity index (χ2n) is 2.46. The van der Waals surface area contributed by atoms with E-state index in [1.807, 2.05) is 6.92 Å². The monoisotopic (exact) mass is 160 g/mol. The molecule has 0 aromatic carbocycles. The summed E-state index contributed by atoms with van der Waals surface area (Å²) in [6.07, 6.45) is 2.18.